The summed E-state index contributed by atoms with van der Waals surface area (Å²) in [6.07, 6.45) is -1.57. The molecule has 1 fully saturated rings. The number of rotatable bonds is 3. The van der Waals surface area contributed by atoms with Crippen molar-refractivity contribution >= 4 is 5.91 Å². The molecule has 1 aromatic carbocycles. The van der Waals surface area contributed by atoms with Gasteiger partial charge >= 0.3 is 6.18 Å². The number of carbonyl (C=O) groups excluding carboxylic acids is 1. The number of nitrogens with zero attached hydrogens (tertiary/aromatic N) is 2. The van der Waals surface area contributed by atoms with Gasteiger partial charge in [-0.1, -0.05) is 6.07 Å². The highest BCUT2D eigenvalue weighted by Crippen LogP contribution is 2.30. The summed E-state index contributed by atoms with van der Waals surface area (Å²) < 4.78 is 39.8. The molecule has 0 atom stereocenters. The number of carbonyl (C=O) groups is 1. The van der Waals surface area contributed by atoms with Gasteiger partial charge in [0, 0.05) is 24.0 Å². The quantitative estimate of drug-likeness (QED) is 0.892. The molecule has 0 bridgehead atoms. The fourth-order valence-electron chi connectivity index (χ4n) is 3.08. The minimum atomic E-state index is -4.51. The zero-order chi connectivity index (χ0) is 19.6. The predicted octanol–water partition coefficient (Wildman–Crippen LogP) is 2.68. The van der Waals surface area contributed by atoms with E-state index in [1.54, 1.807) is 0 Å². The number of hydrogen-bond acceptors (Lipinski definition) is 3. The van der Waals surface area contributed by atoms with Crippen molar-refractivity contribution in [2.75, 3.05) is 20.1 Å². The average Bonchev–Trinajstić information content (AvgIpc) is 2.63. The second-order valence-corrected chi connectivity index (χ2v) is 6.73. The van der Waals surface area contributed by atoms with Gasteiger partial charge in [-0.3, -0.25) is 14.2 Å². The summed E-state index contributed by atoms with van der Waals surface area (Å²) >= 11 is 0. The van der Waals surface area contributed by atoms with Crippen LogP contribution in [-0.4, -0.2) is 41.6 Å². The molecule has 8 heteroatoms. The Bertz CT molecular complexity index is 884. The number of halogens is 3. The summed E-state index contributed by atoms with van der Waals surface area (Å²) in [5.74, 6) is -0.342. The van der Waals surface area contributed by atoms with E-state index >= 15 is 0 Å². The number of pyridine rings is 1. The smallest absolute Gasteiger partial charge is 0.349 e. The first-order valence-corrected chi connectivity index (χ1v) is 8.64. The Morgan fingerprint density at radius 2 is 1.85 bits per heavy atom. The molecule has 1 saturated heterocycles. The minimum absolute atomic E-state index is 0.0441. The molecule has 0 unspecified atom stereocenters. The summed E-state index contributed by atoms with van der Waals surface area (Å²) in [5, 5.41) is 2.93. The molecule has 1 amide bonds. The Morgan fingerprint density at radius 3 is 2.52 bits per heavy atom. The molecule has 0 spiro atoms. The summed E-state index contributed by atoms with van der Waals surface area (Å²) in [6, 6.07) is 7.07. The predicted molar refractivity (Wildman–Crippen MR) is 95.0 cm³/mol. The van der Waals surface area contributed by atoms with Gasteiger partial charge in [0.25, 0.3) is 11.5 Å². The number of hydrogen-bond donors (Lipinski definition) is 1. The van der Waals surface area contributed by atoms with Crippen molar-refractivity contribution in [2.45, 2.75) is 25.1 Å². The van der Waals surface area contributed by atoms with E-state index in [4.69, 9.17) is 0 Å². The van der Waals surface area contributed by atoms with Crippen LogP contribution >= 0.6 is 0 Å². The fraction of sp³-hybridized carbons (Fsp3) is 0.368. The Morgan fingerprint density at radius 1 is 1.15 bits per heavy atom. The SMILES string of the molecule is CN1CCC(NC(=O)c2ccc(=O)n(-c3cccc(C(F)(F)F)c3)c2)CC1. The Hall–Kier alpha value is -2.61. The van der Waals surface area contributed by atoms with E-state index in [0.29, 0.717) is 0 Å². The molecule has 144 valence electrons. The van der Waals surface area contributed by atoms with Crippen LogP contribution in [0.5, 0.6) is 0 Å². The standard InChI is InChI=1S/C19H20F3N3O2/c1-24-9-7-15(8-10-24)23-18(27)13-5-6-17(26)25(12-13)16-4-2-3-14(11-16)19(20,21)22/h2-6,11-12,15H,7-10H2,1H3,(H,23,27). The Kier molecular flexibility index (Phi) is 5.36. The van der Waals surface area contributed by atoms with Gasteiger partial charge in [-0.05, 0) is 57.2 Å². The van der Waals surface area contributed by atoms with Gasteiger partial charge in [0.2, 0.25) is 0 Å². The number of alkyl halides is 3. The first-order chi connectivity index (χ1) is 12.7. The van der Waals surface area contributed by atoms with Crippen LogP contribution in [0.1, 0.15) is 28.8 Å². The third kappa shape index (κ3) is 4.57. The highest BCUT2D eigenvalue weighted by atomic mass is 19.4. The number of piperidine rings is 1. The summed E-state index contributed by atoms with van der Waals surface area (Å²) in [4.78, 5) is 26.8. The lowest BCUT2D eigenvalue weighted by Gasteiger charge is -2.29. The van der Waals surface area contributed by atoms with Gasteiger partial charge in [0.15, 0.2) is 0 Å². The maximum Gasteiger partial charge on any atom is 0.416 e. The van der Waals surface area contributed by atoms with Crippen molar-refractivity contribution in [3.05, 3.63) is 64.1 Å². The van der Waals surface area contributed by atoms with E-state index in [1.807, 2.05) is 7.05 Å². The van der Waals surface area contributed by atoms with Crippen LogP contribution in [-0.2, 0) is 6.18 Å². The zero-order valence-corrected chi connectivity index (χ0v) is 14.8. The first kappa shape index (κ1) is 19.2. The van der Waals surface area contributed by atoms with E-state index in [0.717, 1.165) is 42.6 Å². The van der Waals surface area contributed by atoms with E-state index in [1.165, 1.54) is 30.5 Å². The summed E-state index contributed by atoms with van der Waals surface area (Å²) in [5.41, 5.74) is -1.08. The van der Waals surface area contributed by atoms with Crippen molar-refractivity contribution in [3.8, 4) is 5.69 Å². The molecular weight excluding hydrogens is 359 g/mol. The van der Waals surface area contributed by atoms with Crippen LogP contribution in [0.2, 0.25) is 0 Å². The first-order valence-electron chi connectivity index (χ1n) is 8.64. The van der Waals surface area contributed by atoms with Crippen molar-refractivity contribution in [3.63, 3.8) is 0 Å². The molecule has 2 aromatic rings. The monoisotopic (exact) mass is 379 g/mol. The van der Waals surface area contributed by atoms with E-state index < -0.39 is 17.3 Å². The van der Waals surface area contributed by atoms with Crippen LogP contribution in [0.25, 0.3) is 5.69 Å². The number of aromatic nitrogens is 1. The number of amides is 1. The van der Waals surface area contributed by atoms with E-state index in [-0.39, 0.29) is 23.2 Å². The normalized spacial score (nSPS) is 16.3. The summed E-state index contributed by atoms with van der Waals surface area (Å²) in [6.45, 7) is 1.77. The van der Waals surface area contributed by atoms with Gasteiger partial charge in [0.05, 0.1) is 11.1 Å². The molecular formula is C19H20F3N3O2. The van der Waals surface area contributed by atoms with Gasteiger partial charge in [-0.25, -0.2) is 0 Å². The largest absolute Gasteiger partial charge is 0.416 e. The fourth-order valence-corrected chi connectivity index (χ4v) is 3.08. The molecule has 0 aliphatic carbocycles. The Balaban J connectivity index is 1.84. The second-order valence-electron chi connectivity index (χ2n) is 6.73. The molecule has 5 nitrogen and oxygen atoms in total. The third-order valence-corrected chi connectivity index (χ3v) is 4.68. The van der Waals surface area contributed by atoms with Crippen LogP contribution in [0.4, 0.5) is 13.2 Å². The molecule has 1 aromatic heterocycles. The van der Waals surface area contributed by atoms with Crippen LogP contribution in [0.3, 0.4) is 0 Å². The van der Waals surface area contributed by atoms with Crippen molar-refractivity contribution < 1.29 is 18.0 Å². The number of benzene rings is 1. The van der Waals surface area contributed by atoms with E-state index in [9.17, 15) is 22.8 Å². The highest BCUT2D eigenvalue weighted by molar-refractivity contribution is 5.94. The molecule has 0 saturated carbocycles. The molecule has 0 radical (unpaired) electrons. The van der Waals surface area contributed by atoms with Crippen molar-refractivity contribution in [2.24, 2.45) is 0 Å². The lowest BCUT2D eigenvalue weighted by atomic mass is 10.1. The lowest BCUT2D eigenvalue weighted by Crippen LogP contribution is -2.43. The van der Waals surface area contributed by atoms with Gasteiger partial charge < -0.3 is 10.2 Å². The van der Waals surface area contributed by atoms with Gasteiger partial charge in [-0.2, -0.15) is 13.2 Å². The average molecular weight is 379 g/mol. The number of likely N-dealkylation sites (tertiary alicyclic amines) is 1. The minimum Gasteiger partial charge on any atom is -0.349 e. The summed E-state index contributed by atoms with van der Waals surface area (Å²) in [7, 11) is 2.02. The zero-order valence-electron chi connectivity index (χ0n) is 14.8. The Labute approximate surface area is 154 Å². The maximum atomic E-state index is 12.9. The molecule has 1 N–H and O–H groups in total. The lowest BCUT2D eigenvalue weighted by molar-refractivity contribution is -0.137. The van der Waals surface area contributed by atoms with Crippen LogP contribution in [0, 0.1) is 0 Å². The topological polar surface area (TPSA) is 54.3 Å². The molecule has 1 aliphatic heterocycles. The number of nitrogens with one attached hydrogen (secondary N) is 1. The molecule has 27 heavy (non-hydrogen) atoms. The van der Waals surface area contributed by atoms with Crippen molar-refractivity contribution in [1.29, 1.82) is 0 Å². The maximum absolute atomic E-state index is 12.9. The van der Waals surface area contributed by atoms with Crippen LogP contribution < -0.4 is 10.9 Å². The second kappa shape index (κ2) is 7.56. The van der Waals surface area contributed by atoms with Crippen LogP contribution in [0.15, 0.2) is 47.4 Å². The van der Waals surface area contributed by atoms with Crippen molar-refractivity contribution in [1.82, 2.24) is 14.8 Å². The van der Waals surface area contributed by atoms with E-state index in [2.05, 4.69) is 10.2 Å². The molecule has 2 heterocycles. The molecule has 1 aliphatic rings. The van der Waals surface area contributed by atoms with Gasteiger partial charge in [0.1, 0.15) is 0 Å². The third-order valence-electron chi connectivity index (χ3n) is 4.68. The molecule has 3 rings (SSSR count). The van der Waals surface area contributed by atoms with Gasteiger partial charge in [-0.15, -0.1) is 0 Å². The highest BCUT2D eigenvalue weighted by Gasteiger charge is 2.30.